The van der Waals surface area contributed by atoms with Gasteiger partial charge >= 0.3 is 0 Å². The summed E-state index contributed by atoms with van der Waals surface area (Å²) in [4.78, 5) is 0. The monoisotopic (exact) mass is 176 g/mol. The molecular formula is C8H13ClO2. The van der Waals surface area contributed by atoms with Gasteiger partial charge in [-0.1, -0.05) is 0 Å². The molecule has 2 fully saturated rings. The fourth-order valence-electron chi connectivity index (χ4n) is 1.80. The molecule has 1 aliphatic carbocycles. The lowest BCUT2D eigenvalue weighted by atomic mass is 10.2. The minimum atomic E-state index is -0.306. The zero-order chi connectivity index (χ0) is 7.90. The number of alkyl halides is 1. The average molecular weight is 177 g/mol. The molecule has 1 aliphatic heterocycles. The standard InChI is InChI=1S/C8H13ClO2/c1-8(10-2-3-11-8)7-4-6(7)5-9/h6-7H,2-5H2,1H3. The predicted octanol–water partition coefficient (Wildman–Crippen LogP) is 1.62. The summed E-state index contributed by atoms with van der Waals surface area (Å²) in [6, 6.07) is 0. The van der Waals surface area contributed by atoms with E-state index in [0.717, 1.165) is 19.1 Å². The lowest BCUT2D eigenvalue weighted by molar-refractivity contribution is -0.160. The van der Waals surface area contributed by atoms with E-state index in [4.69, 9.17) is 21.1 Å². The molecule has 2 atom stereocenters. The van der Waals surface area contributed by atoms with E-state index < -0.39 is 0 Å². The molecule has 2 rings (SSSR count). The first kappa shape index (κ1) is 7.84. The second-order valence-corrected chi connectivity index (χ2v) is 3.78. The Labute approximate surface area is 71.8 Å². The van der Waals surface area contributed by atoms with Gasteiger partial charge in [0.15, 0.2) is 5.79 Å². The van der Waals surface area contributed by atoms with Crippen molar-refractivity contribution in [1.29, 1.82) is 0 Å². The van der Waals surface area contributed by atoms with Crippen molar-refractivity contribution in [2.75, 3.05) is 19.1 Å². The quantitative estimate of drug-likeness (QED) is 0.596. The summed E-state index contributed by atoms with van der Waals surface area (Å²) in [5, 5.41) is 0. The zero-order valence-electron chi connectivity index (χ0n) is 6.68. The van der Waals surface area contributed by atoms with Crippen LogP contribution in [0.5, 0.6) is 0 Å². The Hall–Kier alpha value is 0.210. The van der Waals surface area contributed by atoms with Crippen molar-refractivity contribution >= 4 is 11.6 Å². The molecule has 1 heterocycles. The van der Waals surface area contributed by atoms with E-state index in [1.165, 1.54) is 6.42 Å². The summed E-state index contributed by atoms with van der Waals surface area (Å²) < 4.78 is 11.0. The third kappa shape index (κ3) is 1.28. The third-order valence-electron chi connectivity index (χ3n) is 2.65. The molecule has 1 saturated heterocycles. The van der Waals surface area contributed by atoms with Gasteiger partial charge in [0.25, 0.3) is 0 Å². The van der Waals surface area contributed by atoms with Gasteiger partial charge in [0.2, 0.25) is 0 Å². The molecule has 0 radical (unpaired) electrons. The van der Waals surface area contributed by atoms with Crippen molar-refractivity contribution in [2.45, 2.75) is 19.1 Å². The molecule has 0 aromatic heterocycles. The van der Waals surface area contributed by atoms with Crippen LogP contribution in [0.2, 0.25) is 0 Å². The van der Waals surface area contributed by atoms with Gasteiger partial charge in [-0.05, 0) is 19.3 Å². The highest BCUT2D eigenvalue weighted by Gasteiger charge is 2.53. The maximum atomic E-state index is 5.72. The van der Waals surface area contributed by atoms with Crippen LogP contribution in [0, 0.1) is 11.8 Å². The Morgan fingerprint density at radius 3 is 2.55 bits per heavy atom. The summed E-state index contributed by atoms with van der Waals surface area (Å²) in [7, 11) is 0. The summed E-state index contributed by atoms with van der Waals surface area (Å²) in [6.45, 7) is 3.50. The average Bonchev–Trinajstić information content (AvgIpc) is 2.70. The fourth-order valence-corrected chi connectivity index (χ4v) is 2.15. The van der Waals surface area contributed by atoms with Gasteiger partial charge < -0.3 is 9.47 Å². The molecule has 2 unspecified atom stereocenters. The van der Waals surface area contributed by atoms with Crippen LogP contribution in [0.15, 0.2) is 0 Å². The minimum absolute atomic E-state index is 0.306. The van der Waals surface area contributed by atoms with Crippen molar-refractivity contribution in [3.63, 3.8) is 0 Å². The van der Waals surface area contributed by atoms with E-state index in [1.54, 1.807) is 0 Å². The Bertz CT molecular complexity index is 154. The minimum Gasteiger partial charge on any atom is -0.348 e. The Kier molecular flexibility index (Phi) is 1.86. The van der Waals surface area contributed by atoms with Gasteiger partial charge in [-0.25, -0.2) is 0 Å². The molecule has 0 N–H and O–H groups in total. The first-order valence-electron chi connectivity index (χ1n) is 4.10. The maximum Gasteiger partial charge on any atom is 0.168 e. The smallest absolute Gasteiger partial charge is 0.168 e. The van der Waals surface area contributed by atoms with Gasteiger partial charge in [0.1, 0.15) is 0 Å². The second-order valence-electron chi connectivity index (χ2n) is 3.47. The molecule has 0 bridgehead atoms. The molecule has 1 saturated carbocycles. The predicted molar refractivity (Wildman–Crippen MR) is 42.6 cm³/mol. The molecule has 11 heavy (non-hydrogen) atoms. The summed E-state index contributed by atoms with van der Waals surface area (Å²) >= 11 is 5.72. The molecule has 3 heteroatoms. The number of rotatable bonds is 2. The number of ether oxygens (including phenoxy) is 2. The van der Waals surface area contributed by atoms with E-state index in [2.05, 4.69) is 0 Å². The first-order valence-corrected chi connectivity index (χ1v) is 4.63. The van der Waals surface area contributed by atoms with Gasteiger partial charge in [-0.3, -0.25) is 0 Å². The van der Waals surface area contributed by atoms with E-state index in [1.807, 2.05) is 6.92 Å². The Balaban J connectivity index is 1.94. The highest BCUT2D eigenvalue weighted by molar-refractivity contribution is 6.18. The van der Waals surface area contributed by atoms with Crippen LogP contribution in [-0.4, -0.2) is 24.9 Å². The van der Waals surface area contributed by atoms with Gasteiger partial charge in [0.05, 0.1) is 13.2 Å². The fraction of sp³-hybridized carbons (Fsp3) is 1.00. The normalized spacial score (nSPS) is 40.9. The first-order chi connectivity index (χ1) is 5.26. The van der Waals surface area contributed by atoms with Crippen LogP contribution in [-0.2, 0) is 9.47 Å². The lowest BCUT2D eigenvalue weighted by Gasteiger charge is -2.22. The number of halogens is 1. The highest BCUT2D eigenvalue weighted by Crippen LogP contribution is 2.50. The summed E-state index contributed by atoms with van der Waals surface area (Å²) in [5.74, 6) is 1.61. The van der Waals surface area contributed by atoms with Crippen LogP contribution < -0.4 is 0 Å². The molecule has 0 aromatic rings. The van der Waals surface area contributed by atoms with E-state index in [-0.39, 0.29) is 5.79 Å². The summed E-state index contributed by atoms with van der Waals surface area (Å²) in [5.41, 5.74) is 0. The lowest BCUT2D eigenvalue weighted by Crippen LogP contribution is -2.29. The Morgan fingerprint density at radius 1 is 1.45 bits per heavy atom. The van der Waals surface area contributed by atoms with E-state index in [0.29, 0.717) is 11.8 Å². The van der Waals surface area contributed by atoms with E-state index in [9.17, 15) is 0 Å². The van der Waals surface area contributed by atoms with Crippen LogP contribution in [0.3, 0.4) is 0 Å². The molecule has 0 spiro atoms. The molecule has 2 aliphatic rings. The zero-order valence-corrected chi connectivity index (χ0v) is 7.43. The van der Waals surface area contributed by atoms with Crippen molar-refractivity contribution in [2.24, 2.45) is 11.8 Å². The Morgan fingerprint density at radius 2 is 2.09 bits per heavy atom. The molecule has 64 valence electrons. The summed E-state index contributed by atoms with van der Waals surface area (Å²) in [6.07, 6.45) is 1.17. The topological polar surface area (TPSA) is 18.5 Å². The van der Waals surface area contributed by atoms with Crippen LogP contribution in [0.4, 0.5) is 0 Å². The van der Waals surface area contributed by atoms with Crippen molar-refractivity contribution < 1.29 is 9.47 Å². The van der Waals surface area contributed by atoms with E-state index >= 15 is 0 Å². The SMILES string of the molecule is CC1(C2CC2CCl)OCCO1. The van der Waals surface area contributed by atoms with Crippen LogP contribution >= 0.6 is 11.6 Å². The largest absolute Gasteiger partial charge is 0.348 e. The molecular weight excluding hydrogens is 164 g/mol. The molecule has 2 nitrogen and oxygen atoms in total. The molecule has 0 aromatic carbocycles. The van der Waals surface area contributed by atoms with Gasteiger partial charge in [0, 0.05) is 11.8 Å². The molecule has 0 amide bonds. The van der Waals surface area contributed by atoms with Crippen molar-refractivity contribution in [3.05, 3.63) is 0 Å². The van der Waals surface area contributed by atoms with Crippen molar-refractivity contribution in [1.82, 2.24) is 0 Å². The van der Waals surface area contributed by atoms with Gasteiger partial charge in [-0.15, -0.1) is 11.6 Å². The highest BCUT2D eigenvalue weighted by atomic mass is 35.5. The van der Waals surface area contributed by atoms with Crippen LogP contribution in [0.1, 0.15) is 13.3 Å². The van der Waals surface area contributed by atoms with Crippen LogP contribution in [0.25, 0.3) is 0 Å². The maximum absolute atomic E-state index is 5.72. The van der Waals surface area contributed by atoms with Crippen molar-refractivity contribution in [3.8, 4) is 0 Å². The third-order valence-corrected chi connectivity index (χ3v) is 3.05. The number of hydrogen-bond donors (Lipinski definition) is 0. The second kappa shape index (κ2) is 2.61. The number of hydrogen-bond acceptors (Lipinski definition) is 2. The van der Waals surface area contributed by atoms with Gasteiger partial charge in [-0.2, -0.15) is 0 Å².